The summed E-state index contributed by atoms with van der Waals surface area (Å²) in [6.45, 7) is 4.82. The average Bonchev–Trinajstić information content (AvgIpc) is 3.81. The third-order valence-electron chi connectivity index (χ3n) is 13.7. The second kappa shape index (κ2) is 13.7. The van der Waals surface area contributed by atoms with Crippen molar-refractivity contribution in [1.29, 1.82) is 0 Å². The Morgan fingerprint density at radius 1 is 0.413 bits per heavy atom. The van der Waals surface area contributed by atoms with Gasteiger partial charge < -0.3 is 4.90 Å². The van der Waals surface area contributed by atoms with E-state index >= 15 is 0 Å². The first-order chi connectivity index (χ1) is 31.0. The smallest absolute Gasteiger partial charge is 0.0540 e. The summed E-state index contributed by atoms with van der Waals surface area (Å²) in [6.07, 6.45) is 4.63. The lowest BCUT2D eigenvalue weighted by Gasteiger charge is -2.27. The maximum absolute atomic E-state index is 2.49. The van der Waals surface area contributed by atoms with Crippen LogP contribution in [0.25, 0.3) is 97.3 Å². The number of anilines is 3. The Hall–Kier alpha value is -7.52. The highest BCUT2D eigenvalue weighted by Crippen LogP contribution is 2.51. The number of benzene rings is 11. The molecular formula is C61H41NS. The Labute approximate surface area is 370 Å². The van der Waals surface area contributed by atoms with Crippen molar-refractivity contribution in [2.45, 2.75) is 19.3 Å². The van der Waals surface area contributed by atoms with Gasteiger partial charge in [0.2, 0.25) is 0 Å². The van der Waals surface area contributed by atoms with Crippen molar-refractivity contribution >= 4 is 115 Å². The molecule has 296 valence electrons. The predicted molar refractivity (Wildman–Crippen MR) is 274 cm³/mol. The van der Waals surface area contributed by atoms with Crippen LogP contribution in [0.4, 0.5) is 17.1 Å². The number of hydrogen-bond acceptors (Lipinski definition) is 2. The quantitative estimate of drug-likeness (QED) is 0.119. The van der Waals surface area contributed by atoms with Crippen molar-refractivity contribution < 1.29 is 0 Å². The Morgan fingerprint density at radius 3 is 1.89 bits per heavy atom. The molecule has 11 aromatic carbocycles. The highest BCUT2D eigenvalue weighted by Gasteiger charge is 2.35. The van der Waals surface area contributed by atoms with Gasteiger partial charge in [0.15, 0.2) is 0 Å². The van der Waals surface area contributed by atoms with Crippen LogP contribution in [0.5, 0.6) is 0 Å². The molecule has 1 aromatic heterocycles. The Morgan fingerprint density at radius 2 is 1.06 bits per heavy atom. The molecule has 0 saturated carbocycles. The van der Waals surface area contributed by atoms with Crippen molar-refractivity contribution in [1.82, 2.24) is 0 Å². The van der Waals surface area contributed by atoms with Crippen molar-refractivity contribution in [3.05, 3.63) is 222 Å². The van der Waals surface area contributed by atoms with E-state index < -0.39 is 0 Å². The van der Waals surface area contributed by atoms with E-state index in [9.17, 15) is 0 Å². The summed E-state index contributed by atoms with van der Waals surface area (Å²) in [4.78, 5) is 2.42. The molecule has 0 aliphatic heterocycles. The largest absolute Gasteiger partial charge is 0.310 e. The second-order valence-electron chi connectivity index (χ2n) is 17.7. The molecule has 0 atom stereocenters. The van der Waals surface area contributed by atoms with Gasteiger partial charge in [-0.25, -0.2) is 0 Å². The number of fused-ring (bicyclic) bond motifs is 7. The van der Waals surface area contributed by atoms with Crippen LogP contribution in [0.15, 0.2) is 200 Å². The Bertz CT molecular complexity index is 3890. The lowest BCUT2D eigenvalue weighted by molar-refractivity contribution is 0.663. The minimum absolute atomic E-state index is 0.166. The highest BCUT2D eigenvalue weighted by atomic mass is 32.1. The van der Waals surface area contributed by atoms with Gasteiger partial charge in [-0.05, 0) is 143 Å². The average molecular weight is 820 g/mol. The molecule has 1 nitrogen and oxygen atoms in total. The zero-order valence-corrected chi connectivity index (χ0v) is 35.9. The molecule has 0 saturated heterocycles. The summed E-state index contributed by atoms with van der Waals surface area (Å²) in [6, 6.07) is 74.4. The number of nitrogens with zero attached hydrogens (tertiary/aromatic N) is 1. The summed E-state index contributed by atoms with van der Waals surface area (Å²) < 4.78 is 2.61. The van der Waals surface area contributed by atoms with Gasteiger partial charge in [0, 0.05) is 42.3 Å². The van der Waals surface area contributed by atoms with E-state index in [1.165, 1.54) is 107 Å². The number of rotatable bonds is 6. The third-order valence-corrected chi connectivity index (χ3v) is 14.9. The van der Waals surface area contributed by atoms with Crippen LogP contribution < -0.4 is 4.90 Å². The number of thiophene rings is 1. The Kier molecular flexibility index (Phi) is 7.89. The molecular weight excluding hydrogens is 779 g/mol. The van der Waals surface area contributed by atoms with Crippen molar-refractivity contribution in [2.24, 2.45) is 0 Å². The van der Waals surface area contributed by atoms with Crippen molar-refractivity contribution in [3.63, 3.8) is 0 Å². The first kappa shape index (κ1) is 36.2. The van der Waals surface area contributed by atoms with E-state index in [1.54, 1.807) is 0 Å². The summed E-state index contributed by atoms with van der Waals surface area (Å²) >= 11 is 1.86. The maximum Gasteiger partial charge on any atom is 0.0540 e. The zero-order valence-electron chi connectivity index (χ0n) is 35.1. The fraction of sp³-hybridized carbons (Fsp3) is 0.0492. The molecule has 0 unspecified atom stereocenters. The monoisotopic (exact) mass is 819 g/mol. The normalized spacial score (nSPS) is 13.3. The molecule has 0 amide bonds. The molecule has 0 N–H and O–H groups in total. The van der Waals surface area contributed by atoms with E-state index in [1.807, 2.05) is 11.3 Å². The molecule has 1 heterocycles. The van der Waals surface area contributed by atoms with Gasteiger partial charge in [-0.2, -0.15) is 0 Å². The molecule has 0 spiro atoms. The topological polar surface area (TPSA) is 3.24 Å². The molecule has 1 aliphatic carbocycles. The van der Waals surface area contributed by atoms with Gasteiger partial charge in [-0.1, -0.05) is 166 Å². The molecule has 1 aliphatic rings. The summed E-state index contributed by atoms with van der Waals surface area (Å²) in [7, 11) is 0. The molecule has 0 radical (unpaired) electrons. The summed E-state index contributed by atoms with van der Waals surface area (Å²) in [5.41, 5.74) is 11.1. The fourth-order valence-electron chi connectivity index (χ4n) is 10.7. The predicted octanol–water partition coefficient (Wildman–Crippen LogP) is 17.8. The van der Waals surface area contributed by atoms with Crippen molar-refractivity contribution in [2.75, 3.05) is 4.90 Å². The second-order valence-corrected chi connectivity index (χ2v) is 18.8. The standard InChI is InChI=1S/C61H41NS/c1-61(2)54-33-38(32-41-26-27-42-34-43(36-55(61)60(42)59(41)54)53-35-40-14-6-7-18-47(40)48-19-9-10-20-49(48)53)24-25-39-28-31-56(50-21-11-8-17-46(39)50)62(44-15-4-3-5-16-44)45-29-30-52-51-22-12-13-23-57(51)63-58(52)37-45/h3-37H,1-2H3. The molecule has 13 rings (SSSR count). The van der Waals surface area contributed by atoms with E-state index in [2.05, 4.69) is 231 Å². The Balaban J connectivity index is 0.898. The van der Waals surface area contributed by atoms with Crippen LogP contribution in [0.1, 0.15) is 36.1 Å². The van der Waals surface area contributed by atoms with E-state index in [0.29, 0.717) is 0 Å². The van der Waals surface area contributed by atoms with Crippen LogP contribution in [-0.4, -0.2) is 0 Å². The fourth-order valence-corrected chi connectivity index (χ4v) is 11.9. The van der Waals surface area contributed by atoms with Gasteiger partial charge in [-0.3, -0.25) is 0 Å². The van der Waals surface area contributed by atoms with Gasteiger partial charge in [0.25, 0.3) is 0 Å². The van der Waals surface area contributed by atoms with Gasteiger partial charge in [0.1, 0.15) is 0 Å². The lowest BCUT2D eigenvalue weighted by atomic mass is 9.80. The molecule has 0 fully saturated rings. The molecule has 12 aromatic rings. The third kappa shape index (κ3) is 5.55. The van der Waals surface area contributed by atoms with Crippen LogP contribution in [0, 0.1) is 0 Å². The lowest BCUT2D eigenvalue weighted by Crippen LogP contribution is -2.15. The number of hydrogen-bond donors (Lipinski definition) is 0. The van der Waals surface area contributed by atoms with Crippen LogP contribution in [-0.2, 0) is 5.41 Å². The molecule has 2 heteroatoms. The minimum Gasteiger partial charge on any atom is -0.310 e. The van der Waals surface area contributed by atoms with E-state index in [0.717, 1.165) is 17.1 Å². The summed E-state index contributed by atoms with van der Waals surface area (Å²) in [5, 5.41) is 15.6. The zero-order chi connectivity index (χ0) is 41.8. The first-order valence-electron chi connectivity index (χ1n) is 21.9. The molecule has 63 heavy (non-hydrogen) atoms. The van der Waals surface area contributed by atoms with Crippen LogP contribution in [0.3, 0.4) is 0 Å². The SMILES string of the molecule is CC1(C)c2cc(C=Cc3ccc(N(c4ccccc4)c4ccc5c(c4)sc4ccccc45)c4ccccc34)cc3ccc4cc(-c5cc6ccccc6c6ccccc56)cc1c4c23. The first-order valence-corrected chi connectivity index (χ1v) is 22.7. The molecule has 0 bridgehead atoms. The van der Waals surface area contributed by atoms with Crippen LogP contribution in [0.2, 0.25) is 0 Å². The number of para-hydroxylation sites is 1. The van der Waals surface area contributed by atoms with Gasteiger partial charge >= 0.3 is 0 Å². The van der Waals surface area contributed by atoms with E-state index in [-0.39, 0.29) is 5.41 Å². The summed E-state index contributed by atoms with van der Waals surface area (Å²) in [5.74, 6) is 0. The van der Waals surface area contributed by atoms with Gasteiger partial charge in [0.05, 0.1) is 5.69 Å². The minimum atomic E-state index is -0.166. The van der Waals surface area contributed by atoms with Gasteiger partial charge in [-0.15, -0.1) is 11.3 Å². The highest BCUT2D eigenvalue weighted by molar-refractivity contribution is 7.25. The van der Waals surface area contributed by atoms with Crippen LogP contribution >= 0.6 is 11.3 Å². The van der Waals surface area contributed by atoms with E-state index in [4.69, 9.17) is 0 Å². The maximum atomic E-state index is 2.49. The van der Waals surface area contributed by atoms with Crippen molar-refractivity contribution in [3.8, 4) is 11.1 Å².